The second-order valence-electron chi connectivity index (χ2n) is 7.32. The van der Waals surface area contributed by atoms with E-state index in [2.05, 4.69) is 36.8 Å². The maximum absolute atomic E-state index is 12.6. The average molecular weight is 552 g/mol. The summed E-state index contributed by atoms with van der Waals surface area (Å²) >= 11 is 4.65. The van der Waals surface area contributed by atoms with Crippen molar-refractivity contribution in [2.24, 2.45) is 0 Å². The first-order chi connectivity index (χ1) is 17.0. The van der Waals surface area contributed by atoms with Crippen molar-refractivity contribution in [1.29, 1.82) is 0 Å². The normalized spacial score (nSPS) is 10.6. The Labute approximate surface area is 215 Å². The predicted octanol–water partition coefficient (Wildman–Crippen LogP) is 4.70. The van der Waals surface area contributed by atoms with Gasteiger partial charge >= 0.3 is 0 Å². The minimum atomic E-state index is -0.238. The van der Waals surface area contributed by atoms with E-state index in [1.54, 1.807) is 31.4 Å². The van der Waals surface area contributed by atoms with Gasteiger partial charge in [0, 0.05) is 21.4 Å². The molecule has 1 aromatic heterocycles. The predicted molar refractivity (Wildman–Crippen MR) is 139 cm³/mol. The van der Waals surface area contributed by atoms with Crippen LogP contribution >= 0.6 is 27.7 Å². The molecule has 1 heterocycles. The van der Waals surface area contributed by atoms with Crippen LogP contribution < -0.4 is 15.4 Å². The number of aromatic nitrogens is 3. The summed E-state index contributed by atoms with van der Waals surface area (Å²) in [6.07, 6.45) is 0. The largest absolute Gasteiger partial charge is 0.497 e. The fraction of sp³-hybridized carbons (Fsp3) is 0.120. The number of thioether (sulfide) groups is 1. The standard InChI is InChI=1S/C25H22BrN5O3S/c1-34-21-13-7-17(8-14-21)24(33)27-15-22-29-30-25(31(22)20-5-3-2-4-6-20)35-16-23(32)28-19-11-9-18(26)10-12-19/h2-14H,15-16H2,1H3,(H,27,33)(H,28,32). The zero-order valence-corrected chi connectivity index (χ0v) is 21.2. The van der Waals surface area contributed by atoms with Gasteiger partial charge in [0.25, 0.3) is 5.91 Å². The van der Waals surface area contributed by atoms with Crippen molar-refractivity contribution >= 4 is 45.2 Å². The molecule has 4 rings (SSSR count). The molecule has 0 fully saturated rings. The number of ether oxygens (including phenoxy) is 1. The van der Waals surface area contributed by atoms with Crippen LogP contribution in [0, 0.1) is 0 Å². The Morgan fingerprint density at radius 2 is 1.69 bits per heavy atom. The van der Waals surface area contributed by atoms with Gasteiger partial charge in [0.05, 0.1) is 19.4 Å². The number of rotatable bonds is 9. The van der Waals surface area contributed by atoms with Crippen LogP contribution in [0.1, 0.15) is 16.2 Å². The van der Waals surface area contributed by atoms with Gasteiger partial charge < -0.3 is 15.4 Å². The number of halogens is 1. The van der Waals surface area contributed by atoms with Crippen LogP contribution in [0.5, 0.6) is 5.75 Å². The number of carbonyl (C=O) groups is 2. The molecule has 0 saturated heterocycles. The van der Waals surface area contributed by atoms with Crippen molar-refractivity contribution < 1.29 is 14.3 Å². The lowest BCUT2D eigenvalue weighted by atomic mass is 10.2. The molecule has 4 aromatic rings. The number of para-hydroxylation sites is 1. The molecule has 35 heavy (non-hydrogen) atoms. The third kappa shape index (κ3) is 6.49. The lowest BCUT2D eigenvalue weighted by Crippen LogP contribution is -2.24. The molecule has 0 spiro atoms. The molecule has 0 aliphatic heterocycles. The van der Waals surface area contributed by atoms with Crippen LogP contribution in [-0.2, 0) is 11.3 Å². The molecule has 0 aliphatic carbocycles. The van der Waals surface area contributed by atoms with Crippen LogP contribution in [0.2, 0.25) is 0 Å². The van der Waals surface area contributed by atoms with E-state index in [1.807, 2.05) is 59.2 Å². The lowest BCUT2D eigenvalue weighted by Gasteiger charge is -2.11. The molecule has 178 valence electrons. The molecule has 2 N–H and O–H groups in total. The minimum absolute atomic E-state index is 0.152. The molecular formula is C25H22BrN5O3S. The van der Waals surface area contributed by atoms with E-state index in [-0.39, 0.29) is 24.1 Å². The molecule has 3 aromatic carbocycles. The molecule has 0 bridgehead atoms. The summed E-state index contributed by atoms with van der Waals surface area (Å²) in [5.41, 5.74) is 2.06. The van der Waals surface area contributed by atoms with Gasteiger partial charge in [-0.15, -0.1) is 10.2 Å². The van der Waals surface area contributed by atoms with Crippen molar-refractivity contribution in [3.8, 4) is 11.4 Å². The zero-order chi connectivity index (χ0) is 24.6. The maximum Gasteiger partial charge on any atom is 0.251 e. The maximum atomic E-state index is 12.6. The molecule has 0 unspecified atom stereocenters. The Morgan fingerprint density at radius 3 is 2.37 bits per heavy atom. The first-order valence-electron chi connectivity index (χ1n) is 10.6. The lowest BCUT2D eigenvalue weighted by molar-refractivity contribution is -0.113. The Kier molecular flexibility index (Phi) is 8.17. The van der Waals surface area contributed by atoms with Crippen molar-refractivity contribution in [1.82, 2.24) is 20.1 Å². The van der Waals surface area contributed by atoms with E-state index >= 15 is 0 Å². The number of methoxy groups -OCH3 is 1. The van der Waals surface area contributed by atoms with Crippen LogP contribution in [0.4, 0.5) is 5.69 Å². The third-order valence-corrected chi connectivity index (χ3v) is 6.39. The molecule has 0 aliphatic rings. The SMILES string of the molecule is COc1ccc(C(=O)NCc2nnc(SCC(=O)Nc3ccc(Br)cc3)n2-c2ccccc2)cc1. The first kappa shape index (κ1) is 24.5. The van der Waals surface area contributed by atoms with E-state index in [4.69, 9.17) is 4.74 Å². The molecule has 10 heteroatoms. The van der Waals surface area contributed by atoms with Gasteiger partial charge in [0.15, 0.2) is 11.0 Å². The fourth-order valence-corrected chi connectivity index (χ4v) is 4.24. The van der Waals surface area contributed by atoms with Crippen LogP contribution in [0.15, 0.2) is 88.5 Å². The highest BCUT2D eigenvalue weighted by Gasteiger charge is 2.17. The summed E-state index contributed by atoms with van der Waals surface area (Å²) in [6, 6.07) is 23.8. The number of amides is 2. The van der Waals surface area contributed by atoms with Crippen molar-refractivity contribution in [3.63, 3.8) is 0 Å². The molecule has 0 saturated carbocycles. The molecule has 2 amide bonds. The van der Waals surface area contributed by atoms with E-state index in [1.165, 1.54) is 11.8 Å². The summed E-state index contributed by atoms with van der Waals surface area (Å²) < 4.78 is 7.91. The van der Waals surface area contributed by atoms with Gasteiger partial charge in [-0.3, -0.25) is 14.2 Å². The van der Waals surface area contributed by atoms with Crippen LogP contribution in [0.3, 0.4) is 0 Å². The summed E-state index contributed by atoms with van der Waals surface area (Å²) in [7, 11) is 1.57. The number of benzene rings is 3. The van der Waals surface area contributed by atoms with Gasteiger partial charge in [-0.1, -0.05) is 45.9 Å². The van der Waals surface area contributed by atoms with Gasteiger partial charge in [0.2, 0.25) is 5.91 Å². The number of nitrogens with one attached hydrogen (secondary N) is 2. The Balaban J connectivity index is 1.46. The topological polar surface area (TPSA) is 98.1 Å². The highest BCUT2D eigenvalue weighted by Crippen LogP contribution is 2.23. The second kappa shape index (κ2) is 11.7. The number of hydrogen-bond acceptors (Lipinski definition) is 6. The van der Waals surface area contributed by atoms with Crippen molar-refractivity contribution in [2.45, 2.75) is 11.7 Å². The van der Waals surface area contributed by atoms with Crippen LogP contribution in [-0.4, -0.2) is 39.4 Å². The van der Waals surface area contributed by atoms with Crippen molar-refractivity contribution in [2.75, 3.05) is 18.2 Å². The molecule has 8 nitrogen and oxygen atoms in total. The minimum Gasteiger partial charge on any atom is -0.497 e. The van der Waals surface area contributed by atoms with Gasteiger partial charge in [-0.2, -0.15) is 0 Å². The monoisotopic (exact) mass is 551 g/mol. The zero-order valence-electron chi connectivity index (χ0n) is 18.8. The highest BCUT2D eigenvalue weighted by molar-refractivity contribution is 9.10. The third-order valence-electron chi connectivity index (χ3n) is 4.93. The average Bonchev–Trinajstić information content (AvgIpc) is 3.30. The quantitative estimate of drug-likeness (QED) is 0.292. The van der Waals surface area contributed by atoms with Gasteiger partial charge in [-0.25, -0.2) is 0 Å². The Morgan fingerprint density at radius 1 is 0.971 bits per heavy atom. The van der Waals surface area contributed by atoms with E-state index in [0.717, 1.165) is 10.2 Å². The van der Waals surface area contributed by atoms with E-state index < -0.39 is 0 Å². The second-order valence-corrected chi connectivity index (χ2v) is 9.18. The number of carbonyl (C=O) groups excluding carboxylic acids is 2. The number of anilines is 1. The molecule has 0 radical (unpaired) electrons. The Bertz CT molecular complexity index is 1300. The van der Waals surface area contributed by atoms with Gasteiger partial charge in [-0.05, 0) is 60.7 Å². The summed E-state index contributed by atoms with van der Waals surface area (Å²) in [6.45, 7) is 0.165. The molecule has 0 atom stereocenters. The fourth-order valence-electron chi connectivity index (χ4n) is 3.21. The Hall–Kier alpha value is -3.63. The summed E-state index contributed by atoms with van der Waals surface area (Å²) in [4.78, 5) is 25.1. The smallest absolute Gasteiger partial charge is 0.251 e. The first-order valence-corrected chi connectivity index (χ1v) is 12.4. The highest BCUT2D eigenvalue weighted by atomic mass is 79.9. The number of nitrogens with zero attached hydrogens (tertiary/aromatic N) is 3. The van der Waals surface area contributed by atoms with E-state index in [0.29, 0.717) is 28.0 Å². The van der Waals surface area contributed by atoms with Crippen LogP contribution in [0.25, 0.3) is 5.69 Å². The number of hydrogen-bond donors (Lipinski definition) is 2. The van der Waals surface area contributed by atoms with Gasteiger partial charge in [0.1, 0.15) is 5.75 Å². The summed E-state index contributed by atoms with van der Waals surface area (Å²) in [5, 5.41) is 14.9. The molecular weight excluding hydrogens is 530 g/mol. The summed E-state index contributed by atoms with van der Waals surface area (Å²) in [5.74, 6) is 0.983. The van der Waals surface area contributed by atoms with Crippen molar-refractivity contribution in [3.05, 3.63) is 94.7 Å². The van der Waals surface area contributed by atoms with E-state index in [9.17, 15) is 9.59 Å².